The van der Waals surface area contributed by atoms with Gasteiger partial charge in [0.05, 0.1) is 0 Å². The summed E-state index contributed by atoms with van der Waals surface area (Å²) in [6.07, 6.45) is 11.7. The normalized spacial score (nSPS) is 9.23. The first-order valence-electron chi connectivity index (χ1n) is 20.0. The predicted octanol–water partition coefficient (Wildman–Crippen LogP) is 12.5. The fourth-order valence-electron chi connectivity index (χ4n) is 4.23. The van der Waals surface area contributed by atoms with E-state index >= 15 is 0 Å². The first-order valence-corrected chi connectivity index (χ1v) is 31.2. The number of amides is 4. The summed E-state index contributed by atoms with van der Waals surface area (Å²) in [7, 11) is 0. The maximum atomic E-state index is 10.8. The van der Waals surface area contributed by atoms with Gasteiger partial charge in [0.1, 0.15) is 0 Å². The standard InChI is InChI=1S/4C7H6BrNO2.4C4H9.2Sn/c4*8-6-3-1-2-5(4-6)7(10)9-11;4*1-3-4-2;;/h4*1-4,11H,(H,9,10);4*1,3-4H2,2H3;;/q;;;;;;;;2*+2. The van der Waals surface area contributed by atoms with Crippen LogP contribution in [-0.4, -0.2) is 86.7 Å². The molecule has 0 radical (unpaired) electrons. The minimum Gasteiger partial charge on any atom is -0.288 e. The molecule has 0 fully saturated rings. The van der Waals surface area contributed by atoms with E-state index < -0.39 is 23.6 Å². The van der Waals surface area contributed by atoms with Crippen LogP contribution in [0.5, 0.6) is 0 Å². The summed E-state index contributed by atoms with van der Waals surface area (Å²) in [5.41, 5.74) is 7.87. The van der Waals surface area contributed by atoms with E-state index in [9.17, 15) is 19.2 Å². The predicted molar refractivity (Wildman–Crippen MR) is 264 cm³/mol. The zero-order valence-corrected chi connectivity index (χ0v) is 47.7. The number of carbonyl (C=O) groups is 4. The van der Waals surface area contributed by atoms with Crippen molar-refractivity contribution in [1.29, 1.82) is 0 Å². The van der Waals surface area contributed by atoms with E-state index in [0.29, 0.717) is 22.3 Å². The largest absolute Gasteiger partial charge is 0.288 e. The van der Waals surface area contributed by atoms with Crippen molar-refractivity contribution in [2.75, 3.05) is 0 Å². The van der Waals surface area contributed by atoms with Crippen LogP contribution in [0, 0.1) is 0 Å². The fourth-order valence-corrected chi connectivity index (χ4v) is 14.1. The molecule has 4 aromatic carbocycles. The second-order valence-corrected chi connectivity index (χ2v) is 24.9. The van der Waals surface area contributed by atoms with E-state index in [2.05, 4.69) is 91.4 Å². The maximum absolute atomic E-state index is 10.8. The SMILES string of the molecule is CCC[CH2][Sn+2][CH2]CCC.CCC[CH2][Sn+2][CH2]CCC.O=C(NO)c1cccc(Br)c1.O=C(NO)c1cccc(Br)c1.O=C(NO)c1cccc(Br)c1.O=C(NO)c1cccc(Br)c1. The van der Waals surface area contributed by atoms with Gasteiger partial charge in [-0.25, -0.2) is 21.9 Å². The summed E-state index contributed by atoms with van der Waals surface area (Å²) in [6.45, 7) is 9.16. The van der Waals surface area contributed by atoms with Gasteiger partial charge in [0, 0.05) is 40.1 Å². The topological polar surface area (TPSA) is 197 Å². The first-order chi connectivity index (χ1) is 29.8. The molecule has 0 aliphatic heterocycles. The number of nitrogens with one attached hydrogen (secondary N) is 4. The molecule has 0 atom stereocenters. The van der Waals surface area contributed by atoms with Crippen molar-refractivity contribution in [1.82, 2.24) is 21.9 Å². The average molecular weight is 1330 g/mol. The second kappa shape index (κ2) is 43.0. The first kappa shape index (κ1) is 62.2. The number of carbonyl (C=O) groups excluding carboxylic acids is 4. The number of halogens is 4. The summed E-state index contributed by atoms with van der Waals surface area (Å²) in [5, 5.41) is 33.1. The third kappa shape index (κ3) is 34.5. The molecule has 0 saturated heterocycles. The molecule has 0 aliphatic carbocycles. The van der Waals surface area contributed by atoms with Gasteiger partial charge >= 0.3 is 139 Å². The molecule has 0 saturated carbocycles. The molecule has 336 valence electrons. The molecule has 0 unspecified atom stereocenters. The van der Waals surface area contributed by atoms with Crippen molar-refractivity contribution in [3.05, 3.63) is 137 Å². The van der Waals surface area contributed by atoms with Gasteiger partial charge in [0.2, 0.25) is 0 Å². The number of hydrogen-bond acceptors (Lipinski definition) is 8. The number of hydrogen-bond donors (Lipinski definition) is 8. The van der Waals surface area contributed by atoms with Crippen LogP contribution in [0.3, 0.4) is 0 Å². The van der Waals surface area contributed by atoms with Gasteiger partial charge in [-0.2, -0.15) is 0 Å². The molecule has 62 heavy (non-hydrogen) atoms. The van der Waals surface area contributed by atoms with E-state index in [1.54, 1.807) is 137 Å². The molecule has 4 rings (SSSR count). The van der Waals surface area contributed by atoms with Crippen molar-refractivity contribution < 1.29 is 40.0 Å². The number of rotatable bonds is 16. The molecule has 0 aliphatic rings. The van der Waals surface area contributed by atoms with Gasteiger partial charge in [-0.1, -0.05) is 88.0 Å². The molecule has 4 aromatic rings. The summed E-state index contributed by atoms with van der Waals surface area (Å²) in [5.74, 6) is -2.03. The molecular formula is C44H60Br4N4O8Sn2+4. The summed E-state index contributed by atoms with van der Waals surface area (Å²) in [4.78, 5) is 43.1. The minimum atomic E-state index is -0.508. The molecule has 0 bridgehead atoms. The van der Waals surface area contributed by atoms with Crippen LogP contribution in [-0.2, 0) is 0 Å². The van der Waals surface area contributed by atoms with Crippen molar-refractivity contribution in [2.24, 2.45) is 0 Å². The molecule has 0 spiro atoms. The van der Waals surface area contributed by atoms with Crippen molar-refractivity contribution in [3.63, 3.8) is 0 Å². The van der Waals surface area contributed by atoms with Gasteiger partial charge in [0.15, 0.2) is 0 Å². The number of hydroxylamine groups is 4. The Balaban J connectivity index is 0. The van der Waals surface area contributed by atoms with E-state index in [-0.39, 0.29) is 42.3 Å². The molecule has 18 heteroatoms. The molecule has 4 amide bonds. The Hall–Kier alpha value is -1.88. The summed E-state index contributed by atoms with van der Waals surface area (Å²) in [6, 6.07) is 27.0. The quantitative estimate of drug-likeness (QED) is 0.0235. The van der Waals surface area contributed by atoms with Crippen LogP contribution in [0.2, 0.25) is 17.7 Å². The van der Waals surface area contributed by atoms with Gasteiger partial charge in [-0.3, -0.25) is 40.0 Å². The van der Waals surface area contributed by atoms with Crippen LogP contribution in [0.4, 0.5) is 0 Å². The van der Waals surface area contributed by atoms with E-state index in [1.165, 1.54) is 51.4 Å². The Kier molecular flexibility index (Phi) is 43.2. The third-order valence-corrected chi connectivity index (χ3v) is 17.6. The summed E-state index contributed by atoms with van der Waals surface area (Å²) < 4.78 is 9.72. The second-order valence-electron chi connectivity index (χ2n) is 12.7. The number of benzene rings is 4. The molecule has 8 N–H and O–H groups in total. The monoisotopic (exact) mass is 1330 g/mol. The van der Waals surface area contributed by atoms with E-state index in [0.717, 1.165) is 17.9 Å². The average Bonchev–Trinajstić information content (AvgIpc) is 3.29. The van der Waals surface area contributed by atoms with Crippen LogP contribution in [0.1, 0.15) is 120 Å². The van der Waals surface area contributed by atoms with Crippen molar-refractivity contribution in [2.45, 2.75) is 96.8 Å². The van der Waals surface area contributed by atoms with Crippen LogP contribution >= 0.6 is 63.7 Å². The van der Waals surface area contributed by atoms with Gasteiger partial charge in [-0.05, 0) is 72.8 Å². The van der Waals surface area contributed by atoms with Crippen LogP contribution in [0.25, 0.3) is 0 Å². The van der Waals surface area contributed by atoms with E-state index in [4.69, 9.17) is 20.8 Å². The maximum Gasteiger partial charge on any atom is 0.274 e. The van der Waals surface area contributed by atoms with Crippen LogP contribution < -0.4 is 21.9 Å². The smallest absolute Gasteiger partial charge is 0.274 e. The molecule has 12 nitrogen and oxygen atoms in total. The van der Waals surface area contributed by atoms with Gasteiger partial charge in [-0.15, -0.1) is 0 Å². The van der Waals surface area contributed by atoms with Crippen LogP contribution in [0.15, 0.2) is 115 Å². The molecular weight excluding hydrogens is 1270 g/mol. The Bertz CT molecular complexity index is 1560. The Morgan fingerprint density at radius 1 is 0.403 bits per heavy atom. The molecule has 0 heterocycles. The minimum absolute atomic E-state index is 0.149. The Morgan fingerprint density at radius 2 is 0.597 bits per heavy atom. The summed E-state index contributed by atoms with van der Waals surface area (Å²) >= 11 is 13.1. The zero-order valence-electron chi connectivity index (χ0n) is 35.7. The Morgan fingerprint density at radius 3 is 0.742 bits per heavy atom. The fraction of sp³-hybridized carbons (Fsp3) is 0.364. The Labute approximate surface area is 421 Å². The molecule has 0 aromatic heterocycles. The third-order valence-electron chi connectivity index (χ3n) is 7.58. The van der Waals surface area contributed by atoms with Gasteiger partial charge < -0.3 is 0 Å². The van der Waals surface area contributed by atoms with E-state index in [1.807, 2.05) is 0 Å². The van der Waals surface area contributed by atoms with Gasteiger partial charge in [0.25, 0.3) is 23.6 Å². The zero-order chi connectivity index (χ0) is 47.0. The van der Waals surface area contributed by atoms with Crippen molar-refractivity contribution >= 4 is 130 Å². The van der Waals surface area contributed by atoms with Crippen molar-refractivity contribution in [3.8, 4) is 0 Å². The number of unbranched alkanes of at least 4 members (excludes halogenated alkanes) is 4.